The Hall–Kier alpha value is -3.45. The summed E-state index contributed by atoms with van der Waals surface area (Å²) >= 11 is 0. The summed E-state index contributed by atoms with van der Waals surface area (Å²) in [5.41, 5.74) is 0.270. The van der Waals surface area contributed by atoms with Gasteiger partial charge in [-0.05, 0) is 48.5 Å². The average Bonchev–Trinajstić information content (AvgIpc) is 3.38. The van der Waals surface area contributed by atoms with E-state index in [1.165, 1.54) is 11.9 Å². The van der Waals surface area contributed by atoms with Crippen LogP contribution in [0.4, 0.5) is 23.7 Å². The van der Waals surface area contributed by atoms with Crippen molar-refractivity contribution in [1.82, 2.24) is 14.4 Å². The first-order valence-corrected chi connectivity index (χ1v) is 11.4. The lowest BCUT2D eigenvalue weighted by Crippen LogP contribution is -2.36. The Bertz CT molecular complexity index is 1290. The first-order chi connectivity index (χ1) is 15.9. The van der Waals surface area contributed by atoms with Crippen LogP contribution in [0.5, 0.6) is 0 Å². The average molecular weight is 496 g/mol. The van der Waals surface area contributed by atoms with E-state index in [4.69, 9.17) is 9.26 Å². The molecule has 2 aromatic carbocycles. The zero-order chi connectivity index (χ0) is 24.7. The highest BCUT2D eigenvalue weighted by Crippen LogP contribution is 2.30. The Morgan fingerprint density at radius 3 is 2.32 bits per heavy atom. The Balaban J connectivity index is 1.42. The maximum atomic E-state index is 12.8. The molecule has 4 rings (SSSR count). The summed E-state index contributed by atoms with van der Waals surface area (Å²) in [6, 6.07) is 9.97. The summed E-state index contributed by atoms with van der Waals surface area (Å²) in [4.78, 5) is 17.6. The number of rotatable bonds is 6. The van der Waals surface area contributed by atoms with E-state index in [2.05, 4.69) is 10.1 Å². The monoisotopic (exact) mass is 496 g/mol. The quantitative estimate of drug-likeness (QED) is 0.512. The molecule has 1 saturated heterocycles. The number of benzene rings is 2. The van der Waals surface area contributed by atoms with Gasteiger partial charge in [-0.25, -0.2) is 13.2 Å². The molecule has 2 heterocycles. The number of aromatic nitrogens is 2. The van der Waals surface area contributed by atoms with E-state index in [0.717, 1.165) is 16.4 Å². The molecule has 1 aliphatic rings. The van der Waals surface area contributed by atoms with E-state index < -0.39 is 34.0 Å². The molecule has 13 heteroatoms. The number of carbonyl (C=O) groups is 1. The van der Waals surface area contributed by atoms with Crippen molar-refractivity contribution in [3.63, 3.8) is 0 Å². The molecule has 1 aromatic heterocycles. The van der Waals surface area contributed by atoms with E-state index in [0.29, 0.717) is 35.1 Å². The maximum absolute atomic E-state index is 12.8. The van der Waals surface area contributed by atoms with Gasteiger partial charge >= 0.3 is 12.3 Å². The lowest BCUT2D eigenvalue weighted by Gasteiger charge is -2.20. The third-order valence-corrected chi connectivity index (χ3v) is 7.03. The molecule has 3 aromatic rings. The predicted molar refractivity (Wildman–Crippen MR) is 113 cm³/mol. The highest BCUT2D eigenvalue weighted by atomic mass is 32.2. The van der Waals surface area contributed by atoms with Gasteiger partial charge in [0.1, 0.15) is 6.10 Å². The van der Waals surface area contributed by atoms with Crippen molar-refractivity contribution in [3.8, 4) is 11.4 Å². The van der Waals surface area contributed by atoms with Crippen LogP contribution in [0.15, 0.2) is 57.9 Å². The lowest BCUT2D eigenvalue weighted by atomic mass is 10.2. The summed E-state index contributed by atoms with van der Waals surface area (Å²) < 4.78 is 74.9. The minimum absolute atomic E-state index is 0.0897. The third-order valence-electron chi connectivity index (χ3n) is 5.19. The molecule has 0 aliphatic carbocycles. The number of hydrogen-bond donors (Lipinski definition) is 0. The molecule has 1 fully saturated rings. The number of cyclic esters (lactones) is 1. The number of hydrogen-bond acceptors (Lipinski definition) is 7. The number of carbonyl (C=O) groups excluding carboxylic acids is 1. The zero-order valence-electron chi connectivity index (χ0n) is 18.0. The van der Waals surface area contributed by atoms with Crippen LogP contribution in [-0.2, 0) is 20.9 Å². The number of alkyl halides is 3. The number of halogens is 3. The van der Waals surface area contributed by atoms with Crippen molar-refractivity contribution in [2.75, 3.05) is 25.0 Å². The molecule has 0 bridgehead atoms. The number of ether oxygens (including phenoxy) is 1. The third kappa shape index (κ3) is 4.75. The highest BCUT2D eigenvalue weighted by Gasteiger charge is 2.36. The summed E-state index contributed by atoms with van der Waals surface area (Å²) in [5, 5.41) is 3.83. The molecule has 0 radical (unpaired) electrons. The summed E-state index contributed by atoms with van der Waals surface area (Å²) in [5.74, 6) is 0.821. The van der Waals surface area contributed by atoms with Crippen molar-refractivity contribution in [2.45, 2.75) is 24.1 Å². The van der Waals surface area contributed by atoms with E-state index in [1.807, 2.05) is 0 Å². The SMILES string of the molecule is Cc1nc(-c2ccc(N3CC(CN(C)S(=O)(=O)c4ccc(C(F)(F)F)cc4)OC3=O)cc2)no1. The number of amides is 1. The van der Waals surface area contributed by atoms with Crippen LogP contribution in [0.2, 0.25) is 0 Å². The molecular weight excluding hydrogens is 477 g/mol. The molecule has 180 valence electrons. The normalized spacial score (nSPS) is 16.8. The fraction of sp³-hybridized carbons (Fsp3) is 0.286. The standard InChI is InChI=1S/C21H19F3N4O5S/c1-13-25-19(26-33-13)14-3-7-16(8-4-14)28-12-17(32-20(28)29)11-27(2)34(30,31)18-9-5-15(6-10-18)21(22,23)24/h3-10,17H,11-12H2,1-2H3. The maximum Gasteiger partial charge on any atom is 0.416 e. The number of nitrogens with zero attached hydrogens (tertiary/aromatic N) is 4. The van der Waals surface area contributed by atoms with Gasteiger partial charge < -0.3 is 9.26 Å². The van der Waals surface area contributed by atoms with Crippen molar-refractivity contribution in [1.29, 1.82) is 0 Å². The van der Waals surface area contributed by atoms with Gasteiger partial charge in [-0.3, -0.25) is 4.90 Å². The minimum atomic E-state index is -4.57. The smallest absolute Gasteiger partial charge is 0.416 e. The second kappa shape index (κ2) is 8.72. The number of aryl methyl sites for hydroxylation is 1. The highest BCUT2D eigenvalue weighted by molar-refractivity contribution is 7.89. The largest absolute Gasteiger partial charge is 0.443 e. The molecule has 1 amide bonds. The topological polar surface area (TPSA) is 106 Å². The molecule has 34 heavy (non-hydrogen) atoms. The number of likely N-dealkylation sites (N-methyl/N-ethyl adjacent to an activating group) is 1. The first kappa shape index (κ1) is 23.7. The summed E-state index contributed by atoms with van der Waals surface area (Å²) in [6.45, 7) is 1.58. The second-order valence-electron chi connectivity index (χ2n) is 7.61. The van der Waals surface area contributed by atoms with Gasteiger partial charge in [-0.1, -0.05) is 5.16 Å². The first-order valence-electron chi connectivity index (χ1n) is 9.97. The van der Waals surface area contributed by atoms with E-state index >= 15 is 0 Å². The van der Waals surface area contributed by atoms with Crippen LogP contribution in [0.3, 0.4) is 0 Å². The van der Waals surface area contributed by atoms with Gasteiger partial charge in [-0.15, -0.1) is 0 Å². The van der Waals surface area contributed by atoms with E-state index in [9.17, 15) is 26.4 Å². The van der Waals surface area contributed by atoms with Crippen molar-refractivity contribution in [2.24, 2.45) is 0 Å². The van der Waals surface area contributed by atoms with Gasteiger partial charge in [0.2, 0.25) is 21.7 Å². The molecule has 9 nitrogen and oxygen atoms in total. The van der Waals surface area contributed by atoms with Crippen LogP contribution < -0.4 is 4.90 Å². The van der Waals surface area contributed by atoms with Gasteiger partial charge in [0, 0.05) is 25.2 Å². The van der Waals surface area contributed by atoms with Gasteiger partial charge in [-0.2, -0.15) is 22.5 Å². The molecule has 0 saturated carbocycles. The van der Waals surface area contributed by atoms with Crippen LogP contribution in [0, 0.1) is 6.92 Å². The Morgan fingerprint density at radius 2 is 1.76 bits per heavy atom. The summed E-state index contributed by atoms with van der Waals surface area (Å²) in [7, 11) is -2.82. The van der Waals surface area contributed by atoms with E-state index in [1.54, 1.807) is 31.2 Å². The Morgan fingerprint density at radius 1 is 1.12 bits per heavy atom. The van der Waals surface area contributed by atoms with Crippen molar-refractivity contribution >= 4 is 21.8 Å². The lowest BCUT2D eigenvalue weighted by molar-refractivity contribution is -0.137. The van der Waals surface area contributed by atoms with Crippen LogP contribution in [0.1, 0.15) is 11.5 Å². The Labute approximate surface area is 192 Å². The minimum Gasteiger partial charge on any atom is -0.443 e. The molecule has 1 unspecified atom stereocenters. The van der Waals surface area contributed by atoms with Gasteiger partial charge in [0.05, 0.1) is 23.5 Å². The molecule has 0 N–H and O–H groups in total. The fourth-order valence-corrected chi connectivity index (χ4v) is 4.62. The molecule has 1 atom stereocenters. The molecule has 0 spiro atoms. The van der Waals surface area contributed by atoms with E-state index in [-0.39, 0.29) is 18.0 Å². The Kier molecular flexibility index (Phi) is 6.08. The second-order valence-corrected chi connectivity index (χ2v) is 9.65. The summed E-state index contributed by atoms with van der Waals surface area (Å²) in [6.07, 6.45) is -5.99. The van der Waals surface area contributed by atoms with Gasteiger partial charge in [0.25, 0.3) is 0 Å². The number of anilines is 1. The fourth-order valence-electron chi connectivity index (χ4n) is 3.42. The van der Waals surface area contributed by atoms with Crippen molar-refractivity contribution < 1.29 is 35.6 Å². The van der Waals surface area contributed by atoms with Crippen LogP contribution >= 0.6 is 0 Å². The van der Waals surface area contributed by atoms with Gasteiger partial charge in [0.15, 0.2) is 0 Å². The molecular formula is C21H19F3N4O5S. The van der Waals surface area contributed by atoms with Crippen LogP contribution in [-0.4, -0.2) is 55.2 Å². The molecule has 1 aliphatic heterocycles. The van der Waals surface area contributed by atoms with Crippen LogP contribution in [0.25, 0.3) is 11.4 Å². The number of sulfonamides is 1. The van der Waals surface area contributed by atoms with Crippen molar-refractivity contribution in [3.05, 3.63) is 60.0 Å². The predicted octanol–water partition coefficient (Wildman–Crippen LogP) is 3.71. The zero-order valence-corrected chi connectivity index (χ0v) is 18.8.